The summed E-state index contributed by atoms with van der Waals surface area (Å²) in [4.78, 5) is 16.0. The Hall–Kier alpha value is -4.71. The highest BCUT2D eigenvalue weighted by Crippen LogP contribution is 2.45. The maximum atomic E-state index is 11.2. The molecular weight excluding hydrogens is 424 g/mol. The molecule has 1 unspecified atom stereocenters. The normalized spacial score (nSPS) is 14.1. The Bertz CT molecular complexity index is 1490. The summed E-state index contributed by atoms with van der Waals surface area (Å²) in [6, 6.07) is 35.2. The van der Waals surface area contributed by atoms with Gasteiger partial charge in [0.05, 0.1) is 16.3 Å². The second-order valence-corrected chi connectivity index (χ2v) is 8.18. The SMILES string of the molecule is O=[N+]([O-])c1ccc(C2Nc3ccccc3-c3nc(-c4ccccc4)c(-c4ccccc4)n32)cc1. The second-order valence-electron chi connectivity index (χ2n) is 8.18. The van der Waals surface area contributed by atoms with Crippen molar-refractivity contribution in [2.24, 2.45) is 0 Å². The van der Waals surface area contributed by atoms with Gasteiger partial charge in [0.15, 0.2) is 0 Å². The molecule has 0 spiro atoms. The highest BCUT2D eigenvalue weighted by molar-refractivity contribution is 5.86. The minimum atomic E-state index is -0.376. The first-order chi connectivity index (χ1) is 16.7. The van der Waals surface area contributed by atoms with Crippen LogP contribution in [0.15, 0.2) is 109 Å². The molecule has 164 valence electrons. The van der Waals surface area contributed by atoms with Crippen LogP contribution in [0.1, 0.15) is 11.7 Å². The number of benzene rings is 4. The van der Waals surface area contributed by atoms with Gasteiger partial charge in [-0.25, -0.2) is 4.98 Å². The number of anilines is 1. The maximum Gasteiger partial charge on any atom is 0.269 e. The predicted molar refractivity (Wildman–Crippen MR) is 133 cm³/mol. The van der Waals surface area contributed by atoms with Crippen molar-refractivity contribution < 1.29 is 4.92 Å². The van der Waals surface area contributed by atoms with Gasteiger partial charge in [-0.1, -0.05) is 72.8 Å². The summed E-state index contributed by atoms with van der Waals surface area (Å²) in [6.45, 7) is 0. The number of fused-ring (bicyclic) bond motifs is 3. The molecule has 1 aliphatic rings. The van der Waals surface area contributed by atoms with Crippen LogP contribution in [0.3, 0.4) is 0 Å². The maximum absolute atomic E-state index is 11.2. The molecule has 1 N–H and O–H groups in total. The number of nitrogens with one attached hydrogen (secondary N) is 1. The molecule has 1 aromatic heterocycles. The molecule has 0 aliphatic carbocycles. The zero-order chi connectivity index (χ0) is 23.1. The monoisotopic (exact) mass is 444 g/mol. The Balaban J connectivity index is 1.65. The zero-order valence-corrected chi connectivity index (χ0v) is 18.1. The van der Waals surface area contributed by atoms with E-state index in [9.17, 15) is 10.1 Å². The number of hydrogen-bond donors (Lipinski definition) is 1. The molecule has 2 heterocycles. The average molecular weight is 444 g/mol. The Morgan fingerprint density at radius 2 is 1.38 bits per heavy atom. The summed E-state index contributed by atoms with van der Waals surface area (Å²) >= 11 is 0. The summed E-state index contributed by atoms with van der Waals surface area (Å²) in [5, 5.41) is 14.9. The van der Waals surface area contributed by atoms with E-state index in [0.717, 1.165) is 45.2 Å². The third kappa shape index (κ3) is 3.24. The molecule has 0 saturated carbocycles. The van der Waals surface area contributed by atoms with E-state index in [0.29, 0.717) is 0 Å². The van der Waals surface area contributed by atoms with Gasteiger partial charge in [0, 0.05) is 34.5 Å². The Morgan fingerprint density at radius 1 is 0.765 bits per heavy atom. The van der Waals surface area contributed by atoms with Gasteiger partial charge in [-0.2, -0.15) is 0 Å². The van der Waals surface area contributed by atoms with Crippen LogP contribution >= 0.6 is 0 Å². The average Bonchev–Trinajstić information content (AvgIpc) is 3.30. The summed E-state index contributed by atoms with van der Waals surface area (Å²) < 4.78 is 2.21. The fraction of sp³-hybridized carbons (Fsp3) is 0.0357. The Labute approximate surface area is 196 Å². The van der Waals surface area contributed by atoms with E-state index in [1.807, 2.05) is 66.7 Å². The predicted octanol–water partition coefficient (Wildman–Crippen LogP) is 6.76. The molecule has 0 saturated heterocycles. The van der Waals surface area contributed by atoms with E-state index in [4.69, 9.17) is 4.98 Å². The number of aromatic nitrogens is 2. The molecule has 1 aliphatic heterocycles. The number of hydrogen-bond acceptors (Lipinski definition) is 4. The molecular formula is C28H20N4O2. The summed E-state index contributed by atoms with van der Waals surface area (Å²) in [5.74, 6) is 0.857. The van der Waals surface area contributed by atoms with Gasteiger partial charge in [0.2, 0.25) is 0 Å². The smallest absolute Gasteiger partial charge is 0.269 e. The second kappa shape index (κ2) is 8.01. The van der Waals surface area contributed by atoms with Gasteiger partial charge < -0.3 is 5.32 Å². The Kier molecular flexibility index (Phi) is 4.70. The lowest BCUT2D eigenvalue weighted by molar-refractivity contribution is -0.384. The molecule has 6 heteroatoms. The first-order valence-electron chi connectivity index (χ1n) is 11.0. The van der Waals surface area contributed by atoms with Gasteiger partial charge in [-0.05, 0) is 29.8 Å². The number of nitro groups is 1. The number of imidazole rings is 1. The molecule has 0 bridgehead atoms. The molecule has 34 heavy (non-hydrogen) atoms. The van der Waals surface area contributed by atoms with Crippen LogP contribution in [-0.2, 0) is 0 Å². The molecule has 6 rings (SSSR count). The lowest BCUT2D eigenvalue weighted by Crippen LogP contribution is -2.25. The van der Waals surface area contributed by atoms with Crippen LogP contribution < -0.4 is 5.32 Å². The zero-order valence-electron chi connectivity index (χ0n) is 18.1. The highest BCUT2D eigenvalue weighted by Gasteiger charge is 2.32. The quantitative estimate of drug-likeness (QED) is 0.245. The van der Waals surface area contributed by atoms with Crippen molar-refractivity contribution in [2.75, 3.05) is 5.32 Å². The largest absolute Gasteiger partial charge is 0.361 e. The molecule has 6 nitrogen and oxygen atoms in total. The third-order valence-corrected chi connectivity index (χ3v) is 6.14. The fourth-order valence-electron chi connectivity index (χ4n) is 4.57. The van der Waals surface area contributed by atoms with Crippen molar-refractivity contribution in [1.82, 2.24) is 9.55 Å². The summed E-state index contributed by atoms with van der Waals surface area (Å²) in [7, 11) is 0. The van der Waals surface area contributed by atoms with Crippen molar-refractivity contribution in [3.05, 3.63) is 125 Å². The van der Waals surface area contributed by atoms with E-state index < -0.39 is 0 Å². The molecule has 0 radical (unpaired) electrons. The molecule has 4 aromatic carbocycles. The van der Waals surface area contributed by atoms with Gasteiger partial charge in [0.25, 0.3) is 5.69 Å². The number of nitrogens with zero attached hydrogens (tertiary/aromatic N) is 3. The number of rotatable bonds is 4. The van der Waals surface area contributed by atoms with Crippen molar-refractivity contribution in [2.45, 2.75) is 6.17 Å². The van der Waals surface area contributed by atoms with E-state index in [-0.39, 0.29) is 16.8 Å². The van der Waals surface area contributed by atoms with Crippen LogP contribution in [0.5, 0.6) is 0 Å². The van der Waals surface area contributed by atoms with Crippen molar-refractivity contribution in [1.29, 1.82) is 0 Å². The first kappa shape index (κ1) is 19.9. The van der Waals surface area contributed by atoms with E-state index in [1.165, 1.54) is 0 Å². The van der Waals surface area contributed by atoms with Crippen molar-refractivity contribution in [3.8, 4) is 33.9 Å². The van der Waals surface area contributed by atoms with Crippen LogP contribution in [0.2, 0.25) is 0 Å². The van der Waals surface area contributed by atoms with Crippen LogP contribution in [0, 0.1) is 10.1 Å². The van der Waals surface area contributed by atoms with Gasteiger partial charge in [-0.15, -0.1) is 0 Å². The summed E-state index contributed by atoms with van der Waals surface area (Å²) in [6.07, 6.45) is -0.286. The van der Waals surface area contributed by atoms with Crippen LogP contribution in [0.25, 0.3) is 33.9 Å². The highest BCUT2D eigenvalue weighted by atomic mass is 16.6. The fourth-order valence-corrected chi connectivity index (χ4v) is 4.57. The van der Waals surface area contributed by atoms with Gasteiger partial charge in [-0.3, -0.25) is 14.7 Å². The standard InChI is InChI=1S/C28H20N4O2/c33-32(34)22-17-15-21(16-18-22)27-29-24-14-8-7-13-23(24)28-30-25(19-9-3-1-4-10-19)26(31(27)28)20-11-5-2-6-12-20/h1-18,27,29H. The van der Waals surface area contributed by atoms with Crippen molar-refractivity contribution >= 4 is 11.4 Å². The first-order valence-corrected chi connectivity index (χ1v) is 11.0. The lowest BCUT2D eigenvalue weighted by Gasteiger charge is -2.31. The van der Waals surface area contributed by atoms with Gasteiger partial charge >= 0.3 is 0 Å². The Morgan fingerprint density at radius 3 is 2.06 bits per heavy atom. The number of non-ortho nitro benzene ring substituents is 1. The van der Waals surface area contributed by atoms with E-state index in [2.05, 4.69) is 40.2 Å². The van der Waals surface area contributed by atoms with Crippen LogP contribution in [0.4, 0.5) is 11.4 Å². The van der Waals surface area contributed by atoms with Crippen LogP contribution in [-0.4, -0.2) is 14.5 Å². The lowest BCUT2D eigenvalue weighted by atomic mass is 10.0. The molecule has 0 amide bonds. The van der Waals surface area contributed by atoms with Crippen molar-refractivity contribution in [3.63, 3.8) is 0 Å². The van der Waals surface area contributed by atoms with E-state index >= 15 is 0 Å². The number of para-hydroxylation sites is 1. The van der Waals surface area contributed by atoms with Gasteiger partial charge in [0.1, 0.15) is 12.0 Å². The third-order valence-electron chi connectivity index (χ3n) is 6.14. The molecule has 1 atom stereocenters. The minimum absolute atomic E-state index is 0.0686. The minimum Gasteiger partial charge on any atom is -0.361 e. The number of nitro benzene ring substituents is 1. The summed E-state index contributed by atoms with van der Waals surface area (Å²) in [5.41, 5.74) is 6.94. The molecule has 5 aromatic rings. The molecule has 0 fully saturated rings. The van der Waals surface area contributed by atoms with E-state index in [1.54, 1.807) is 12.1 Å². The topological polar surface area (TPSA) is 73.0 Å².